The van der Waals surface area contributed by atoms with Crippen LogP contribution in [0.3, 0.4) is 0 Å². The molecule has 6 N–H and O–H groups in total. The van der Waals surface area contributed by atoms with Crippen LogP contribution in [0, 0.1) is 0 Å². The Hall–Kier alpha value is -1.33. The molecule has 2 amide bonds. The van der Waals surface area contributed by atoms with Crippen molar-refractivity contribution in [2.24, 2.45) is 5.73 Å². The van der Waals surface area contributed by atoms with Crippen LogP contribution in [0.25, 0.3) is 0 Å². The number of carboxylic acids is 2. The van der Waals surface area contributed by atoms with Crippen molar-refractivity contribution >= 4 is 51.4 Å². The third kappa shape index (κ3) is 10.9. The van der Waals surface area contributed by atoms with E-state index in [9.17, 15) is 19.2 Å². The highest BCUT2D eigenvalue weighted by molar-refractivity contribution is 9.09. The number of carbonyl (C=O) groups is 4. The number of aliphatic carboxylic acids is 2. The number of hydrogen-bond donors (Lipinski definition) is 5. The SMILES string of the molecule is N[C@@H](CCC(=O)N[C@@H](CSCCBr)C(=O)NCC(=O)O)C(=O)O. The maximum Gasteiger partial charge on any atom is 0.322 e. The van der Waals surface area contributed by atoms with Crippen molar-refractivity contribution in [3.05, 3.63) is 0 Å². The fourth-order valence-corrected chi connectivity index (χ4v) is 2.83. The van der Waals surface area contributed by atoms with Gasteiger partial charge >= 0.3 is 11.9 Å². The molecule has 0 aliphatic carbocycles. The molecule has 0 saturated heterocycles. The van der Waals surface area contributed by atoms with Crippen LogP contribution in [-0.2, 0) is 19.2 Å². The highest BCUT2D eigenvalue weighted by Gasteiger charge is 2.22. The number of alkyl halides is 1. The van der Waals surface area contributed by atoms with Crippen molar-refractivity contribution in [3.8, 4) is 0 Å². The number of thioether (sulfide) groups is 1. The van der Waals surface area contributed by atoms with Crippen LogP contribution in [0.15, 0.2) is 0 Å². The highest BCUT2D eigenvalue weighted by atomic mass is 79.9. The van der Waals surface area contributed by atoms with Crippen LogP contribution in [-0.4, -0.2) is 69.4 Å². The molecule has 0 rings (SSSR count). The summed E-state index contributed by atoms with van der Waals surface area (Å²) in [6.45, 7) is -0.543. The van der Waals surface area contributed by atoms with E-state index in [4.69, 9.17) is 15.9 Å². The van der Waals surface area contributed by atoms with E-state index in [2.05, 4.69) is 26.6 Å². The van der Waals surface area contributed by atoms with Crippen molar-refractivity contribution in [3.63, 3.8) is 0 Å². The predicted octanol–water partition coefficient (Wildman–Crippen LogP) is -1.01. The Morgan fingerprint density at radius 1 is 1.22 bits per heavy atom. The van der Waals surface area contributed by atoms with Gasteiger partial charge in [0.15, 0.2) is 0 Å². The number of nitrogens with two attached hydrogens (primary N) is 1. The highest BCUT2D eigenvalue weighted by Crippen LogP contribution is 2.05. The molecule has 132 valence electrons. The van der Waals surface area contributed by atoms with Crippen molar-refractivity contribution in [2.45, 2.75) is 24.9 Å². The Labute approximate surface area is 145 Å². The minimum absolute atomic E-state index is 0.0564. The molecule has 9 nitrogen and oxygen atoms in total. The molecular weight excluding hydrogens is 394 g/mol. The number of hydrogen-bond acceptors (Lipinski definition) is 6. The van der Waals surface area contributed by atoms with Crippen molar-refractivity contribution in [1.29, 1.82) is 0 Å². The lowest BCUT2D eigenvalue weighted by Gasteiger charge is -2.18. The topological polar surface area (TPSA) is 159 Å². The van der Waals surface area contributed by atoms with Gasteiger partial charge in [-0.05, 0) is 6.42 Å². The summed E-state index contributed by atoms with van der Waals surface area (Å²) in [6.07, 6.45) is -0.196. The first-order valence-electron chi connectivity index (χ1n) is 6.68. The maximum absolute atomic E-state index is 11.9. The molecule has 0 aliphatic rings. The second-order valence-corrected chi connectivity index (χ2v) is 6.42. The molecule has 0 bridgehead atoms. The van der Waals surface area contributed by atoms with E-state index in [1.807, 2.05) is 0 Å². The quantitative estimate of drug-likeness (QED) is 0.201. The summed E-state index contributed by atoms with van der Waals surface area (Å²) in [7, 11) is 0. The van der Waals surface area contributed by atoms with Gasteiger partial charge in [0.25, 0.3) is 0 Å². The van der Waals surface area contributed by atoms with Gasteiger partial charge in [0, 0.05) is 23.3 Å². The van der Waals surface area contributed by atoms with E-state index in [1.165, 1.54) is 11.8 Å². The average Bonchev–Trinajstić information content (AvgIpc) is 2.49. The van der Waals surface area contributed by atoms with Crippen LogP contribution < -0.4 is 16.4 Å². The van der Waals surface area contributed by atoms with Gasteiger partial charge in [0.05, 0.1) is 0 Å². The molecule has 2 atom stereocenters. The Morgan fingerprint density at radius 2 is 1.87 bits per heavy atom. The van der Waals surface area contributed by atoms with Gasteiger partial charge in [-0.25, -0.2) is 0 Å². The number of rotatable bonds is 12. The van der Waals surface area contributed by atoms with E-state index in [0.717, 1.165) is 0 Å². The minimum Gasteiger partial charge on any atom is -0.480 e. The number of nitrogens with one attached hydrogen (secondary N) is 2. The average molecular weight is 414 g/mol. The van der Waals surface area contributed by atoms with Gasteiger partial charge < -0.3 is 26.6 Å². The fourth-order valence-electron chi connectivity index (χ4n) is 1.40. The second-order valence-electron chi connectivity index (χ2n) is 4.48. The van der Waals surface area contributed by atoms with Gasteiger partial charge in [0.1, 0.15) is 18.6 Å². The summed E-state index contributed by atoms with van der Waals surface area (Å²) in [5.41, 5.74) is 5.30. The van der Waals surface area contributed by atoms with Crippen LogP contribution in [0.1, 0.15) is 12.8 Å². The van der Waals surface area contributed by atoms with Crippen molar-refractivity contribution in [1.82, 2.24) is 10.6 Å². The Morgan fingerprint density at radius 3 is 2.39 bits per heavy atom. The molecule has 0 aromatic rings. The lowest BCUT2D eigenvalue weighted by atomic mass is 10.1. The largest absolute Gasteiger partial charge is 0.480 e. The van der Waals surface area contributed by atoms with E-state index in [1.54, 1.807) is 0 Å². The first-order chi connectivity index (χ1) is 10.8. The molecule has 0 heterocycles. The van der Waals surface area contributed by atoms with Crippen molar-refractivity contribution in [2.75, 3.05) is 23.4 Å². The Kier molecular flexibility index (Phi) is 11.4. The van der Waals surface area contributed by atoms with E-state index in [0.29, 0.717) is 11.1 Å². The fraction of sp³-hybridized carbons (Fsp3) is 0.667. The predicted molar refractivity (Wildman–Crippen MR) is 88.5 cm³/mol. The molecule has 0 spiro atoms. The van der Waals surface area contributed by atoms with Crippen molar-refractivity contribution < 1.29 is 29.4 Å². The van der Waals surface area contributed by atoms with Gasteiger partial charge in [-0.15, -0.1) is 0 Å². The number of carbonyl (C=O) groups excluding carboxylic acids is 2. The Bertz CT molecular complexity index is 437. The Balaban J connectivity index is 4.48. The zero-order valence-corrected chi connectivity index (χ0v) is 14.7. The minimum atomic E-state index is -1.21. The van der Waals surface area contributed by atoms with E-state index >= 15 is 0 Å². The van der Waals surface area contributed by atoms with E-state index < -0.39 is 42.4 Å². The van der Waals surface area contributed by atoms with Crippen LogP contribution >= 0.6 is 27.7 Å². The van der Waals surface area contributed by atoms with Crippen LogP contribution in [0.2, 0.25) is 0 Å². The summed E-state index contributed by atoms with van der Waals surface area (Å²) >= 11 is 4.64. The molecule has 0 aliphatic heterocycles. The summed E-state index contributed by atoms with van der Waals surface area (Å²) in [6, 6.07) is -2.05. The third-order valence-electron chi connectivity index (χ3n) is 2.57. The first kappa shape index (κ1) is 21.7. The third-order valence-corrected chi connectivity index (χ3v) is 4.55. The molecule has 23 heavy (non-hydrogen) atoms. The standard InChI is InChI=1S/C12H20BrN3O6S/c13-3-4-23-6-8(11(20)15-5-10(18)19)16-9(17)2-1-7(14)12(21)22/h7-8H,1-6,14H2,(H,15,20)(H,16,17)(H,18,19)(H,21,22)/t7-,8-/m0/s1. The number of halogens is 1. The monoisotopic (exact) mass is 413 g/mol. The van der Waals surface area contributed by atoms with Gasteiger partial charge in [-0.3, -0.25) is 19.2 Å². The summed E-state index contributed by atoms with van der Waals surface area (Å²) in [5, 5.41) is 22.6. The normalized spacial score (nSPS) is 13.0. The molecule has 11 heteroatoms. The van der Waals surface area contributed by atoms with E-state index in [-0.39, 0.29) is 18.6 Å². The molecule has 0 saturated carbocycles. The second kappa shape index (κ2) is 12.1. The first-order valence-corrected chi connectivity index (χ1v) is 8.96. The maximum atomic E-state index is 11.9. The van der Waals surface area contributed by atoms with Crippen LogP contribution in [0.5, 0.6) is 0 Å². The van der Waals surface area contributed by atoms with Gasteiger partial charge in [0.2, 0.25) is 11.8 Å². The lowest BCUT2D eigenvalue weighted by molar-refractivity contribution is -0.139. The zero-order chi connectivity index (χ0) is 17.8. The zero-order valence-electron chi connectivity index (χ0n) is 12.3. The summed E-state index contributed by atoms with van der Waals surface area (Å²) in [5.74, 6) is -2.54. The summed E-state index contributed by atoms with van der Waals surface area (Å²) in [4.78, 5) is 44.7. The molecular formula is C12H20BrN3O6S. The summed E-state index contributed by atoms with van der Waals surface area (Å²) < 4.78 is 0. The molecule has 0 radical (unpaired) electrons. The smallest absolute Gasteiger partial charge is 0.322 e. The molecule has 0 fully saturated rings. The number of carboxylic acid groups (broad SMARTS) is 2. The van der Waals surface area contributed by atoms with Gasteiger partial charge in [-0.2, -0.15) is 11.8 Å². The molecule has 0 aromatic heterocycles. The van der Waals surface area contributed by atoms with Gasteiger partial charge in [-0.1, -0.05) is 15.9 Å². The number of amides is 2. The molecule has 0 unspecified atom stereocenters. The molecule has 0 aromatic carbocycles. The lowest BCUT2D eigenvalue weighted by Crippen LogP contribution is -2.49. The van der Waals surface area contributed by atoms with Crippen LogP contribution in [0.4, 0.5) is 0 Å².